The Morgan fingerprint density at radius 3 is 3.14 bits per heavy atom. The molecule has 1 aliphatic heterocycles. The van der Waals surface area contributed by atoms with Crippen LogP contribution in [0.1, 0.15) is 6.92 Å². The minimum atomic E-state index is 1.12. The lowest BCUT2D eigenvalue weighted by Gasteiger charge is -1.82. The van der Waals surface area contributed by atoms with Gasteiger partial charge in [0.05, 0.1) is 0 Å². The summed E-state index contributed by atoms with van der Waals surface area (Å²) in [7, 11) is 0. The lowest BCUT2D eigenvalue weighted by atomic mass is 10.3. The monoisotopic (exact) mass is 111 g/mol. The summed E-state index contributed by atoms with van der Waals surface area (Å²) in [6.07, 6.45) is 4.15. The topological polar surface area (TPSA) is 0 Å². The molecule has 0 saturated carbocycles. The first-order chi connectivity index (χ1) is 3.43. The van der Waals surface area contributed by atoms with E-state index in [0.717, 1.165) is 5.75 Å². The number of hydrogen-bond acceptors (Lipinski definition) is 1. The fourth-order valence-electron chi connectivity index (χ4n) is 0.451. The molecule has 0 fully saturated rings. The van der Waals surface area contributed by atoms with E-state index in [2.05, 4.69) is 18.4 Å². The van der Waals surface area contributed by atoms with Crippen molar-refractivity contribution in [2.45, 2.75) is 6.92 Å². The highest BCUT2D eigenvalue weighted by Crippen LogP contribution is 2.17. The van der Waals surface area contributed by atoms with Crippen molar-refractivity contribution in [1.82, 2.24) is 0 Å². The molecule has 0 bridgehead atoms. The highest BCUT2D eigenvalue weighted by Gasteiger charge is 1.95. The average molecular weight is 111 g/mol. The van der Waals surface area contributed by atoms with Crippen molar-refractivity contribution in [2.24, 2.45) is 0 Å². The van der Waals surface area contributed by atoms with Gasteiger partial charge < -0.3 is 0 Å². The number of hydrogen-bond donors (Lipinski definition) is 0. The van der Waals surface area contributed by atoms with Crippen LogP contribution in [0.3, 0.4) is 0 Å². The van der Waals surface area contributed by atoms with Crippen LogP contribution in [0.4, 0.5) is 0 Å². The summed E-state index contributed by atoms with van der Waals surface area (Å²) in [5.74, 6) is 1.12. The standard InChI is InChI=1S/C6H7S/c1-2-6-3-4-7-5-6/h2-3H,5H2,1H3. The Hall–Kier alpha value is -0.170. The lowest BCUT2D eigenvalue weighted by Crippen LogP contribution is -1.70. The molecule has 1 heteroatoms. The maximum Gasteiger partial charge on any atom is 0.0229 e. The minimum Gasteiger partial charge on any atom is -0.120 e. The van der Waals surface area contributed by atoms with Crippen molar-refractivity contribution in [1.29, 1.82) is 0 Å². The normalized spacial score (nSPS) is 24.4. The molecule has 0 saturated heterocycles. The molecule has 0 nitrogen and oxygen atoms in total. The summed E-state index contributed by atoms with van der Waals surface area (Å²) < 4.78 is 0. The molecule has 37 valence electrons. The van der Waals surface area contributed by atoms with Crippen molar-refractivity contribution in [3.63, 3.8) is 0 Å². The minimum absolute atomic E-state index is 1.12. The van der Waals surface area contributed by atoms with Crippen LogP contribution in [-0.2, 0) is 0 Å². The van der Waals surface area contributed by atoms with Gasteiger partial charge in [-0.15, -0.1) is 11.8 Å². The van der Waals surface area contributed by atoms with E-state index >= 15 is 0 Å². The van der Waals surface area contributed by atoms with Crippen molar-refractivity contribution >= 4 is 11.8 Å². The molecule has 0 unspecified atom stereocenters. The molecule has 0 spiro atoms. The Kier molecular flexibility index (Phi) is 1.58. The van der Waals surface area contributed by atoms with E-state index in [-0.39, 0.29) is 0 Å². The van der Waals surface area contributed by atoms with Crippen molar-refractivity contribution in [3.05, 3.63) is 23.1 Å². The van der Waals surface area contributed by atoms with Gasteiger partial charge in [0, 0.05) is 11.2 Å². The van der Waals surface area contributed by atoms with Crippen molar-refractivity contribution in [3.8, 4) is 0 Å². The highest BCUT2D eigenvalue weighted by atomic mass is 32.2. The third-order valence-corrected chi connectivity index (χ3v) is 1.70. The zero-order valence-electron chi connectivity index (χ0n) is 4.27. The van der Waals surface area contributed by atoms with Gasteiger partial charge in [0.2, 0.25) is 0 Å². The van der Waals surface area contributed by atoms with E-state index in [4.69, 9.17) is 0 Å². The number of thioether (sulfide) groups is 1. The summed E-state index contributed by atoms with van der Waals surface area (Å²) in [5, 5.41) is 3.05. The third-order valence-electron chi connectivity index (χ3n) is 0.937. The summed E-state index contributed by atoms with van der Waals surface area (Å²) in [5.41, 5.74) is 1.39. The predicted octanol–water partition coefficient (Wildman–Crippen LogP) is 2.00. The molecule has 0 N–H and O–H groups in total. The molecule has 0 aliphatic carbocycles. The molecule has 0 aromatic heterocycles. The number of allylic oxidation sites excluding steroid dienone is 2. The van der Waals surface area contributed by atoms with E-state index < -0.39 is 0 Å². The van der Waals surface area contributed by atoms with E-state index in [1.165, 1.54) is 5.57 Å². The van der Waals surface area contributed by atoms with E-state index in [1.54, 1.807) is 11.8 Å². The van der Waals surface area contributed by atoms with Gasteiger partial charge in [-0.2, -0.15) is 0 Å². The van der Waals surface area contributed by atoms with Gasteiger partial charge in [-0.3, -0.25) is 0 Å². The largest absolute Gasteiger partial charge is 0.120 e. The first kappa shape index (κ1) is 4.98. The Bertz CT molecular complexity index is 109. The predicted molar refractivity (Wildman–Crippen MR) is 34.0 cm³/mol. The molecule has 1 rings (SSSR count). The molecule has 0 aromatic rings. The van der Waals surface area contributed by atoms with Gasteiger partial charge in [-0.1, -0.05) is 6.08 Å². The zero-order valence-corrected chi connectivity index (χ0v) is 5.09. The molecule has 0 atom stereocenters. The van der Waals surface area contributed by atoms with Crippen molar-refractivity contribution in [2.75, 3.05) is 5.75 Å². The maximum absolute atomic E-state index is 3.05. The summed E-state index contributed by atoms with van der Waals surface area (Å²) >= 11 is 1.73. The number of rotatable bonds is 0. The molecular weight excluding hydrogens is 104 g/mol. The highest BCUT2D eigenvalue weighted by molar-refractivity contribution is 8.01. The van der Waals surface area contributed by atoms with Gasteiger partial charge in [0.1, 0.15) is 0 Å². The molecule has 1 heterocycles. The van der Waals surface area contributed by atoms with Crippen molar-refractivity contribution < 1.29 is 0 Å². The van der Waals surface area contributed by atoms with Crippen LogP contribution < -0.4 is 0 Å². The van der Waals surface area contributed by atoms with E-state index in [9.17, 15) is 0 Å². The Labute approximate surface area is 48.3 Å². The van der Waals surface area contributed by atoms with Gasteiger partial charge in [0.15, 0.2) is 0 Å². The summed E-state index contributed by atoms with van der Waals surface area (Å²) in [6.45, 7) is 2.05. The molecule has 0 amide bonds. The zero-order chi connectivity index (χ0) is 5.11. The van der Waals surface area contributed by atoms with Gasteiger partial charge in [-0.25, -0.2) is 0 Å². The Morgan fingerprint density at radius 1 is 2.00 bits per heavy atom. The molecule has 1 radical (unpaired) electrons. The lowest BCUT2D eigenvalue weighted by molar-refractivity contribution is 1.52. The van der Waals surface area contributed by atoms with Gasteiger partial charge in [-0.05, 0) is 18.6 Å². The second-order valence-corrected chi connectivity index (χ2v) is 2.23. The Morgan fingerprint density at radius 2 is 2.86 bits per heavy atom. The quantitative estimate of drug-likeness (QED) is 0.460. The third kappa shape index (κ3) is 1.10. The van der Waals surface area contributed by atoms with Crippen LogP contribution >= 0.6 is 11.8 Å². The average Bonchev–Trinajstić information content (AvgIpc) is 2.14. The van der Waals surface area contributed by atoms with Crippen LogP contribution in [0.25, 0.3) is 0 Å². The molecule has 1 aliphatic rings. The van der Waals surface area contributed by atoms with Crippen LogP contribution in [0.2, 0.25) is 0 Å². The van der Waals surface area contributed by atoms with E-state index in [1.807, 2.05) is 6.08 Å². The van der Waals surface area contributed by atoms with Crippen LogP contribution in [-0.4, -0.2) is 5.75 Å². The fourth-order valence-corrected chi connectivity index (χ4v) is 1.19. The second-order valence-electron chi connectivity index (χ2n) is 1.41. The van der Waals surface area contributed by atoms with Crippen LogP contribution in [0.5, 0.6) is 0 Å². The van der Waals surface area contributed by atoms with Crippen LogP contribution in [0, 0.1) is 5.41 Å². The SMILES string of the molecule is CC=C1C=[C]SC1. The van der Waals surface area contributed by atoms with Gasteiger partial charge in [0.25, 0.3) is 0 Å². The first-order valence-electron chi connectivity index (χ1n) is 2.29. The first-order valence-corrected chi connectivity index (χ1v) is 3.28. The fraction of sp³-hybridized carbons (Fsp3) is 0.333. The molecule has 7 heavy (non-hydrogen) atoms. The summed E-state index contributed by atoms with van der Waals surface area (Å²) in [6, 6.07) is 0. The Balaban J connectivity index is 2.59. The van der Waals surface area contributed by atoms with E-state index in [0.29, 0.717) is 0 Å². The van der Waals surface area contributed by atoms with Crippen LogP contribution in [0.15, 0.2) is 17.7 Å². The second kappa shape index (κ2) is 2.22. The van der Waals surface area contributed by atoms with Gasteiger partial charge >= 0.3 is 0 Å². The maximum atomic E-state index is 3.05. The smallest absolute Gasteiger partial charge is 0.0229 e. The molecular formula is C6H7S. The summed E-state index contributed by atoms with van der Waals surface area (Å²) in [4.78, 5) is 0. The molecule has 0 aromatic carbocycles.